The molecule has 4 nitrogen and oxygen atoms in total. The number of hydrogen-bond donors (Lipinski definition) is 2. The molecule has 2 atom stereocenters. The largest absolute Gasteiger partial charge is 0.396 e. The first-order chi connectivity index (χ1) is 8.31. The zero-order chi connectivity index (χ0) is 12.1. The minimum atomic E-state index is 0.191. The summed E-state index contributed by atoms with van der Waals surface area (Å²) in [5.41, 5.74) is 0. The summed E-state index contributed by atoms with van der Waals surface area (Å²) in [6.07, 6.45) is 5.24. The molecule has 0 spiro atoms. The van der Waals surface area contributed by atoms with E-state index in [0.717, 1.165) is 58.3 Å². The van der Waals surface area contributed by atoms with Crippen LogP contribution in [0, 0.1) is 11.8 Å². The van der Waals surface area contributed by atoms with Crippen molar-refractivity contribution in [3.63, 3.8) is 0 Å². The van der Waals surface area contributed by atoms with Crippen molar-refractivity contribution in [2.24, 2.45) is 11.8 Å². The van der Waals surface area contributed by atoms with E-state index < -0.39 is 0 Å². The Kier molecular flexibility index (Phi) is 4.80. The summed E-state index contributed by atoms with van der Waals surface area (Å²) in [7, 11) is 0. The van der Waals surface area contributed by atoms with Crippen molar-refractivity contribution in [1.29, 1.82) is 0 Å². The highest BCUT2D eigenvalue weighted by atomic mass is 16.3. The number of amides is 1. The van der Waals surface area contributed by atoms with Gasteiger partial charge in [-0.05, 0) is 44.6 Å². The Morgan fingerprint density at radius 1 is 1.35 bits per heavy atom. The maximum Gasteiger partial charge on any atom is 0.226 e. The van der Waals surface area contributed by atoms with Crippen LogP contribution in [0.4, 0.5) is 0 Å². The minimum Gasteiger partial charge on any atom is -0.396 e. The second-order valence-electron chi connectivity index (χ2n) is 5.35. The highest BCUT2D eigenvalue weighted by molar-refractivity contribution is 5.79. The molecule has 2 rings (SSSR count). The van der Waals surface area contributed by atoms with Gasteiger partial charge in [0.1, 0.15) is 0 Å². The van der Waals surface area contributed by atoms with E-state index >= 15 is 0 Å². The summed E-state index contributed by atoms with van der Waals surface area (Å²) in [6.45, 7) is 3.92. The van der Waals surface area contributed by atoms with Gasteiger partial charge < -0.3 is 15.3 Å². The Hall–Kier alpha value is -0.610. The van der Waals surface area contributed by atoms with E-state index in [1.807, 2.05) is 4.90 Å². The lowest BCUT2D eigenvalue weighted by Crippen LogP contribution is -2.47. The number of aliphatic hydroxyl groups excluding tert-OH is 1. The summed E-state index contributed by atoms with van der Waals surface area (Å²) in [5, 5.41) is 12.3. The molecular formula is C13H24N2O2. The summed E-state index contributed by atoms with van der Waals surface area (Å²) in [6, 6.07) is 0. The fourth-order valence-electron chi connectivity index (χ4n) is 3.00. The molecular weight excluding hydrogens is 216 g/mol. The first-order valence-electron chi connectivity index (χ1n) is 6.91. The predicted molar refractivity (Wildman–Crippen MR) is 66.6 cm³/mol. The summed E-state index contributed by atoms with van der Waals surface area (Å²) in [4.78, 5) is 14.4. The van der Waals surface area contributed by atoms with Crippen LogP contribution in [0.25, 0.3) is 0 Å². The minimum absolute atomic E-state index is 0.191. The Morgan fingerprint density at radius 2 is 2.24 bits per heavy atom. The third kappa shape index (κ3) is 3.42. The van der Waals surface area contributed by atoms with Crippen molar-refractivity contribution in [2.75, 3.05) is 32.8 Å². The topological polar surface area (TPSA) is 52.6 Å². The first kappa shape index (κ1) is 12.8. The second-order valence-corrected chi connectivity index (χ2v) is 5.35. The molecule has 0 aliphatic carbocycles. The number of rotatable bonds is 3. The molecule has 98 valence electrons. The number of hydrogen-bond acceptors (Lipinski definition) is 3. The summed E-state index contributed by atoms with van der Waals surface area (Å²) >= 11 is 0. The molecule has 2 heterocycles. The van der Waals surface area contributed by atoms with Crippen LogP contribution in [0.2, 0.25) is 0 Å². The lowest BCUT2D eigenvalue weighted by molar-refractivity contribution is -0.138. The zero-order valence-electron chi connectivity index (χ0n) is 10.5. The average molecular weight is 240 g/mol. The van der Waals surface area contributed by atoms with Gasteiger partial charge in [0.2, 0.25) is 5.91 Å². The van der Waals surface area contributed by atoms with E-state index in [1.165, 1.54) is 0 Å². The van der Waals surface area contributed by atoms with Crippen LogP contribution in [-0.4, -0.2) is 48.7 Å². The summed E-state index contributed by atoms with van der Waals surface area (Å²) < 4.78 is 0. The van der Waals surface area contributed by atoms with Gasteiger partial charge in [-0.25, -0.2) is 0 Å². The smallest absolute Gasteiger partial charge is 0.226 e. The Labute approximate surface area is 103 Å². The number of likely N-dealkylation sites (tertiary alicyclic amines) is 1. The molecule has 4 heteroatoms. The van der Waals surface area contributed by atoms with Crippen LogP contribution < -0.4 is 5.32 Å². The molecule has 0 aromatic carbocycles. The van der Waals surface area contributed by atoms with Crippen molar-refractivity contribution in [2.45, 2.75) is 32.1 Å². The molecule has 1 unspecified atom stereocenters. The van der Waals surface area contributed by atoms with Gasteiger partial charge in [0.05, 0.1) is 5.92 Å². The van der Waals surface area contributed by atoms with Crippen molar-refractivity contribution in [3.05, 3.63) is 0 Å². The van der Waals surface area contributed by atoms with Crippen LogP contribution in [0.1, 0.15) is 32.1 Å². The molecule has 2 aliphatic rings. The Balaban J connectivity index is 1.85. The number of carbonyl (C=O) groups excluding carboxylic acids is 1. The highest BCUT2D eigenvalue weighted by Gasteiger charge is 2.29. The summed E-state index contributed by atoms with van der Waals surface area (Å²) in [5.74, 6) is 1.03. The standard InChI is InChI=1S/C13H24N2O2/c16-8-5-11-3-2-7-15(10-11)13(17)12-4-1-6-14-9-12/h11-12,14,16H,1-10H2/t11?,12-/m0/s1. The lowest BCUT2D eigenvalue weighted by Gasteiger charge is -2.35. The number of aliphatic hydroxyl groups is 1. The number of carbonyl (C=O) groups is 1. The third-order valence-electron chi connectivity index (χ3n) is 4.01. The van der Waals surface area contributed by atoms with Gasteiger partial charge in [-0.3, -0.25) is 4.79 Å². The van der Waals surface area contributed by atoms with Crippen molar-refractivity contribution in [3.8, 4) is 0 Å². The van der Waals surface area contributed by atoms with Gasteiger partial charge in [-0.2, -0.15) is 0 Å². The van der Waals surface area contributed by atoms with Crippen LogP contribution in [-0.2, 0) is 4.79 Å². The Morgan fingerprint density at radius 3 is 2.94 bits per heavy atom. The monoisotopic (exact) mass is 240 g/mol. The number of nitrogens with one attached hydrogen (secondary N) is 1. The van der Waals surface area contributed by atoms with Gasteiger partial charge in [-0.15, -0.1) is 0 Å². The van der Waals surface area contributed by atoms with Gasteiger partial charge in [-0.1, -0.05) is 0 Å². The van der Waals surface area contributed by atoms with E-state index in [9.17, 15) is 4.79 Å². The molecule has 0 saturated carbocycles. The maximum absolute atomic E-state index is 12.3. The molecule has 0 radical (unpaired) electrons. The second kappa shape index (κ2) is 6.36. The van der Waals surface area contributed by atoms with E-state index in [0.29, 0.717) is 11.8 Å². The van der Waals surface area contributed by atoms with E-state index in [-0.39, 0.29) is 12.5 Å². The van der Waals surface area contributed by atoms with Gasteiger partial charge in [0, 0.05) is 26.2 Å². The molecule has 17 heavy (non-hydrogen) atoms. The normalized spacial score (nSPS) is 30.3. The Bertz CT molecular complexity index is 250. The average Bonchev–Trinajstić information content (AvgIpc) is 2.40. The van der Waals surface area contributed by atoms with Gasteiger partial charge >= 0.3 is 0 Å². The molecule has 2 saturated heterocycles. The molecule has 2 N–H and O–H groups in total. The van der Waals surface area contributed by atoms with Gasteiger partial charge in [0.15, 0.2) is 0 Å². The van der Waals surface area contributed by atoms with Crippen LogP contribution >= 0.6 is 0 Å². The van der Waals surface area contributed by atoms with Gasteiger partial charge in [0.25, 0.3) is 0 Å². The number of nitrogens with zero attached hydrogens (tertiary/aromatic N) is 1. The highest BCUT2D eigenvalue weighted by Crippen LogP contribution is 2.22. The maximum atomic E-state index is 12.3. The molecule has 2 aliphatic heterocycles. The molecule has 2 fully saturated rings. The predicted octanol–water partition coefficient (Wildman–Crippen LogP) is 0.607. The van der Waals surface area contributed by atoms with Crippen LogP contribution in [0.15, 0.2) is 0 Å². The lowest BCUT2D eigenvalue weighted by atomic mass is 9.92. The third-order valence-corrected chi connectivity index (χ3v) is 4.01. The number of piperidine rings is 2. The molecule has 1 amide bonds. The van der Waals surface area contributed by atoms with Crippen molar-refractivity contribution < 1.29 is 9.90 Å². The van der Waals surface area contributed by atoms with Crippen LogP contribution in [0.3, 0.4) is 0 Å². The van der Waals surface area contributed by atoms with Crippen molar-refractivity contribution >= 4 is 5.91 Å². The molecule has 0 bridgehead atoms. The molecule has 0 aromatic heterocycles. The molecule has 0 aromatic rings. The quantitative estimate of drug-likeness (QED) is 0.760. The zero-order valence-corrected chi connectivity index (χ0v) is 10.5. The van der Waals surface area contributed by atoms with E-state index in [4.69, 9.17) is 5.11 Å². The van der Waals surface area contributed by atoms with E-state index in [1.54, 1.807) is 0 Å². The SMILES string of the molecule is O=C([C@H]1CCCNC1)N1CCCC(CCO)C1. The van der Waals surface area contributed by atoms with E-state index in [2.05, 4.69) is 5.32 Å². The fourth-order valence-corrected chi connectivity index (χ4v) is 3.00. The van der Waals surface area contributed by atoms with Crippen molar-refractivity contribution in [1.82, 2.24) is 10.2 Å². The fraction of sp³-hybridized carbons (Fsp3) is 0.923. The first-order valence-corrected chi connectivity index (χ1v) is 6.91. The van der Waals surface area contributed by atoms with Crippen LogP contribution in [0.5, 0.6) is 0 Å².